The number of aromatic nitrogens is 2. The van der Waals surface area contributed by atoms with Crippen LogP contribution in [0.25, 0.3) is 11.0 Å². The van der Waals surface area contributed by atoms with Crippen molar-refractivity contribution in [3.63, 3.8) is 0 Å². The average Bonchev–Trinajstić information content (AvgIpc) is 3.10. The predicted octanol–water partition coefficient (Wildman–Crippen LogP) is 3.03. The zero-order chi connectivity index (χ0) is 17.3. The number of likely N-dealkylation sites (N-methyl/N-ethyl adjacent to an activating group) is 1. The molecule has 2 aromatic heterocycles. The number of thiophene rings is 1. The SMILES string of the molecule is CC(C(=O)Nc1ccc2[nH]c(=O)[nH]c2c1)N(C)Cc1ccc(Cl)s1. The maximum absolute atomic E-state index is 12.4. The third-order valence-electron chi connectivity index (χ3n) is 3.86. The molecule has 3 rings (SSSR count). The number of H-pyrrole nitrogens is 2. The first-order chi connectivity index (χ1) is 11.4. The molecule has 0 spiro atoms. The molecule has 0 saturated carbocycles. The van der Waals surface area contributed by atoms with Gasteiger partial charge in [-0.05, 0) is 44.3 Å². The molecule has 6 nitrogen and oxygen atoms in total. The minimum atomic E-state index is -0.313. The fourth-order valence-electron chi connectivity index (χ4n) is 2.38. The first-order valence-corrected chi connectivity index (χ1v) is 8.59. The molecule has 0 saturated heterocycles. The number of nitrogens with one attached hydrogen (secondary N) is 3. The van der Waals surface area contributed by atoms with Crippen LogP contribution in [0.15, 0.2) is 35.1 Å². The van der Waals surface area contributed by atoms with Gasteiger partial charge in [-0.1, -0.05) is 11.6 Å². The number of halogens is 1. The van der Waals surface area contributed by atoms with E-state index in [-0.39, 0.29) is 17.6 Å². The minimum absolute atomic E-state index is 0.114. The maximum atomic E-state index is 12.4. The second-order valence-electron chi connectivity index (χ2n) is 5.63. The largest absolute Gasteiger partial charge is 0.325 e. The molecule has 0 fully saturated rings. The van der Waals surface area contributed by atoms with Crippen molar-refractivity contribution < 1.29 is 4.79 Å². The summed E-state index contributed by atoms with van der Waals surface area (Å²) in [5, 5.41) is 2.88. The van der Waals surface area contributed by atoms with Gasteiger partial charge in [0.05, 0.1) is 21.4 Å². The van der Waals surface area contributed by atoms with Crippen LogP contribution in [0.5, 0.6) is 0 Å². The Labute approximate surface area is 147 Å². The summed E-state index contributed by atoms with van der Waals surface area (Å²) in [4.78, 5) is 32.1. The van der Waals surface area contributed by atoms with Crippen LogP contribution < -0.4 is 11.0 Å². The highest BCUT2D eigenvalue weighted by atomic mass is 35.5. The Morgan fingerprint density at radius 2 is 2.04 bits per heavy atom. The number of rotatable bonds is 5. The monoisotopic (exact) mass is 364 g/mol. The van der Waals surface area contributed by atoms with Crippen molar-refractivity contribution in [2.75, 3.05) is 12.4 Å². The lowest BCUT2D eigenvalue weighted by molar-refractivity contribution is -0.120. The fourth-order valence-corrected chi connectivity index (χ4v) is 3.53. The highest BCUT2D eigenvalue weighted by Gasteiger charge is 2.19. The molecule has 1 amide bonds. The summed E-state index contributed by atoms with van der Waals surface area (Å²) in [7, 11) is 1.89. The van der Waals surface area contributed by atoms with E-state index >= 15 is 0 Å². The molecule has 3 aromatic rings. The summed E-state index contributed by atoms with van der Waals surface area (Å²) in [6, 6.07) is 8.75. The summed E-state index contributed by atoms with van der Waals surface area (Å²) < 4.78 is 0.740. The van der Waals surface area contributed by atoms with Gasteiger partial charge in [-0.15, -0.1) is 11.3 Å². The minimum Gasteiger partial charge on any atom is -0.325 e. The summed E-state index contributed by atoms with van der Waals surface area (Å²) in [6.07, 6.45) is 0. The number of fused-ring (bicyclic) bond motifs is 1. The van der Waals surface area contributed by atoms with E-state index in [2.05, 4.69) is 15.3 Å². The van der Waals surface area contributed by atoms with Crippen LogP contribution in [0.3, 0.4) is 0 Å². The predicted molar refractivity (Wildman–Crippen MR) is 97.8 cm³/mol. The van der Waals surface area contributed by atoms with Crippen LogP contribution in [-0.2, 0) is 11.3 Å². The lowest BCUT2D eigenvalue weighted by Gasteiger charge is -2.23. The van der Waals surface area contributed by atoms with E-state index in [9.17, 15) is 9.59 Å². The first kappa shape index (κ1) is 16.8. The molecule has 8 heteroatoms. The molecule has 1 atom stereocenters. The summed E-state index contributed by atoms with van der Waals surface area (Å²) in [5.41, 5.74) is 1.74. The van der Waals surface area contributed by atoms with Gasteiger partial charge in [0, 0.05) is 17.1 Å². The maximum Gasteiger partial charge on any atom is 0.323 e. The van der Waals surface area contributed by atoms with Crippen molar-refractivity contribution in [3.8, 4) is 0 Å². The quantitative estimate of drug-likeness (QED) is 0.651. The molecular formula is C16H17ClN4O2S. The Balaban J connectivity index is 1.66. The molecule has 1 aromatic carbocycles. The Hall–Kier alpha value is -2.09. The number of carbonyl (C=O) groups is 1. The van der Waals surface area contributed by atoms with Gasteiger partial charge in [0.1, 0.15) is 0 Å². The van der Waals surface area contributed by atoms with Gasteiger partial charge in [-0.2, -0.15) is 0 Å². The van der Waals surface area contributed by atoms with E-state index in [1.54, 1.807) is 18.2 Å². The topological polar surface area (TPSA) is 81.0 Å². The lowest BCUT2D eigenvalue weighted by atomic mass is 10.2. The molecule has 24 heavy (non-hydrogen) atoms. The summed E-state index contributed by atoms with van der Waals surface area (Å²) in [5.74, 6) is -0.114. The van der Waals surface area contributed by atoms with E-state index in [1.807, 2.05) is 31.0 Å². The van der Waals surface area contributed by atoms with E-state index in [1.165, 1.54) is 11.3 Å². The van der Waals surface area contributed by atoms with Crippen LogP contribution in [0.2, 0.25) is 4.34 Å². The molecule has 0 aliphatic carbocycles. The van der Waals surface area contributed by atoms with Crippen molar-refractivity contribution in [1.29, 1.82) is 0 Å². The first-order valence-electron chi connectivity index (χ1n) is 7.40. The summed E-state index contributed by atoms with van der Waals surface area (Å²) in [6.45, 7) is 2.50. The Bertz CT molecular complexity index is 929. The average molecular weight is 365 g/mol. The Morgan fingerprint density at radius 1 is 1.29 bits per heavy atom. The van der Waals surface area contributed by atoms with Gasteiger partial charge in [0.15, 0.2) is 0 Å². The number of amides is 1. The van der Waals surface area contributed by atoms with Crippen molar-refractivity contribution >= 4 is 45.6 Å². The standard InChI is InChI=1S/C16H17ClN4O2S/c1-9(21(2)8-11-4-6-14(17)24-11)15(22)18-10-3-5-12-13(7-10)20-16(23)19-12/h3-7,9H,8H2,1-2H3,(H,18,22)(H2,19,20,23). The van der Waals surface area contributed by atoms with Crippen LogP contribution in [-0.4, -0.2) is 33.9 Å². The Morgan fingerprint density at radius 3 is 2.75 bits per heavy atom. The van der Waals surface area contributed by atoms with E-state index in [4.69, 9.17) is 11.6 Å². The highest BCUT2D eigenvalue weighted by Crippen LogP contribution is 2.23. The van der Waals surface area contributed by atoms with E-state index in [0.717, 1.165) is 9.21 Å². The third kappa shape index (κ3) is 3.69. The van der Waals surface area contributed by atoms with Crippen LogP contribution in [0.4, 0.5) is 5.69 Å². The van der Waals surface area contributed by atoms with Crippen molar-refractivity contribution in [3.05, 3.63) is 50.0 Å². The van der Waals surface area contributed by atoms with Crippen molar-refractivity contribution in [1.82, 2.24) is 14.9 Å². The lowest BCUT2D eigenvalue weighted by Crippen LogP contribution is -2.39. The van der Waals surface area contributed by atoms with Gasteiger partial charge >= 0.3 is 5.69 Å². The van der Waals surface area contributed by atoms with Gasteiger partial charge in [0.25, 0.3) is 0 Å². The van der Waals surface area contributed by atoms with Crippen LogP contribution >= 0.6 is 22.9 Å². The van der Waals surface area contributed by atoms with Gasteiger partial charge in [-0.3, -0.25) is 9.69 Å². The second kappa shape index (κ2) is 6.80. The van der Waals surface area contributed by atoms with Crippen LogP contribution in [0, 0.1) is 0 Å². The van der Waals surface area contributed by atoms with E-state index < -0.39 is 0 Å². The molecule has 3 N–H and O–H groups in total. The number of benzene rings is 1. The number of aromatic amines is 2. The molecular weight excluding hydrogens is 348 g/mol. The molecule has 0 radical (unpaired) electrons. The number of nitrogens with zero attached hydrogens (tertiary/aromatic N) is 1. The number of hydrogen-bond acceptors (Lipinski definition) is 4. The highest BCUT2D eigenvalue weighted by molar-refractivity contribution is 7.16. The zero-order valence-corrected chi connectivity index (χ0v) is 14.8. The van der Waals surface area contributed by atoms with E-state index in [0.29, 0.717) is 23.3 Å². The summed E-state index contributed by atoms with van der Waals surface area (Å²) >= 11 is 7.44. The van der Waals surface area contributed by atoms with Crippen molar-refractivity contribution in [2.45, 2.75) is 19.5 Å². The second-order valence-corrected chi connectivity index (χ2v) is 7.43. The number of carbonyl (C=O) groups excluding carboxylic acids is 1. The van der Waals surface area contributed by atoms with Crippen LogP contribution in [0.1, 0.15) is 11.8 Å². The molecule has 1 unspecified atom stereocenters. The normalized spacial score (nSPS) is 12.7. The zero-order valence-electron chi connectivity index (χ0n) is 13.2. The molecule has 2 heterocycles. The van der Waals surface area contributed by atoms with Crippen molar-refractivity contribution in [2.24, 2.45) is 0 Å². The number of anilines is 1. The molecule has 0 aliphatic rings. The fraction of sp³-hybridized carbons (Fsp3) is 0.250. The number of hydrogen-bond donors (Lipinski definition) is 3. The smallest absolute Gasteiger partial charge is 0.323 e. The third-order valence-corrected chi connectivity index (χ3v) is 5.07. The van der Waals surface area contributed by atoms with Gasteiger partial charge in [0.2, 0.25) is 5.91 Å². The van der Waals surface area contributed by atoms with Gasteiger partial charge in [-0.25, -0.2) is 4.79 Å². The number of imidazole rings is 1. The van der Waals surface area contributed by atoms with Gasteiger partial charge < -0.3 is 15.3 Å². The Kier molecular flexibility index (Phi) is 4.75. The molecule has 0 aliphatic heterocycles. The molecule has 126 valence electrons. The molecule has 0 bridgehead atoms.